The van der Waals surface area contributed by atoms with Crippen LogP contribution in [0.15, 0.2) is 179 Å². The standard InChI is InChI=1S/C48H28N4O2/c1-3-14-31(15-4-1)43-35-19-10-9-13-30(35)24-25-37(43)47-51-45(34-23-22-29-12-7-8-18-33(29)26-34)50-46(52-47)36-20-11-21-40-44(36)38-27-42-39(28-41(38)53-40)49-48(54-42)32-16-5-2-6-17-32/h1-28H. The van der Waals surface area contributed by atoms with Gasteiger partial charge in [-0.2, -0.15) is 0 Å². The molecule has 3 aromatic heterocycles. The van der Waals surface area contributed by atoms with Gasteiger partial charge < -0.3 is 8.83 Å². The van der Waals surface area contributed by atoms with E-state index in [1.54, 1.807) is 0 Å². The average molecular weight is 693 g/mol. The van der Waals surface area contributed by atoms with Gasteiger partial charge >= 0.3 is 0 Å². The van der Waals surface area contributed by atoms with Gasteiger partial charge in [-0.1, -0.05) is 127 Å². The number of oxazole rings is 1. The number of nitrogens with zero attached hydrogens (tertiary/aromatic N) is 4. The van der Waals surface area contributed by atoms with Gasteiger partial charge in [0.2, 0.25) is 5.89 Å². The minimum absolute atomic E-state index is 0.547. The van der Waals surface area contributed by atoms with E-state index in [0.29, 0.717) is 34.5 Å². The fraction of sp³-hybridized carbons (Fsp3) is 0. The van der Waals surface area contributed by atoms with Crippen LogP contribution in [0.1, 0.15) is 0 Å². The van der Waals surface area contributed by atoms with Crippen LogP contribution in [-0.2, 0) is 0 Å². The second-order valence-corrected chi connectivity index (χ2v) is 13.4. The molecular weight excluding hydrogens is 665 g/mol. The van der Waals surface area contributed by atoms with Gasteiger partial charge in [-0.05, 0) is 63.5 Å². The Kier molecular flexibility index (Phi) is 6.75. The molecule has 0 aliphatic heterocycles. The van der Waals surface area contributed by atoms with Crippen molar-refractivity contribution >= 4 is 54.6 Å². The summed E-state index contributed by atoms with van der Waals surface area (Å²) in [5.74, 6) is 2.28. The van der Waals surface area contributed by atoms with Crippen molar-refractivity contribution < 1.29 is 8.83 Å². The molecule has 0 saturated heterocycles. The van der Waals surface area contributed by atoms with E-state index >= 15 is 0 Å². The molecule has 0 spiro atoms. The Balaban J connectivity index is 1.17. The molecule has 0 aliphatic rings. The van der Waals surface area contributed by atoms with Crippen molar-refractivity contribution in [1.29, 1.82) is 0 Å². The van der Waals surface area contributed by atoms with Crippen LogP contribution in [0.2, 0.25) is 0 Å². The van der Waals surface area contributed by atoms with Gasteiger partial charge in [-0.3, -0.25) is 0 Å². The molecule has 11 aromatic rings. The zero-order valence-electron chi connectivity index (χ0n) is 28.8. The Hall–Kier alpha value is -7.44. The molecule has 0 aliphatic carbocycles. The lowest BCUT2D eigenvalue weighted by Gasteiger charge is -2.15. The van der Waals surface area contributed by atoms with Crippen LogP contribution in [-0.4, -0.2) is 19.9 Å². The summed E-state index contributed by atoms with van der Waals surface area (Å²) in [4.78, 5) is 20.5. The maximum atomic E-state index is 6.49. The van der Waals surface area contributed by atoms with Gasteiger partial charge in [0.25, 0.3) is 0 Å². The van der Waals surface area contributed by atoms with E-state index in [4.69, 9.17) is 28.8 Å². The zero-order chi connectivity index (χ0) is 35.6. The monoisotopic (exact) mass is 692 g/mol. The lowest BCUT2D eigenvalue weighted by Crippen LogP contribution is -2.01. The lowest BCUT2D eigenvalue weighted by atomic mass is 9.93. The van der Waals surface area contributed by atoms with Crippen molar-refractivity contribution in [1.82, 2.24) is 19.9 Å². The smallest absolute Gasteiger partial charge is 0.227 e. The predicted molar refractivity (Wildman–Crippen MR) is 217 cm³/mol. The fourth-order valence-corrected chi connectivity index (χ4v) is 7.59. The summed E-state index contributed by atoms with van der Waals surface area (Å²) >= 11 is 0. The first-order chi connectivity index (χ1) is 26.7. The van der Waals surface area contributed by atoms with Crippen LogP contribution < -0.4 is 0 Å². The van der Waals surface area contributed by atoms with Gasteiger partial charge in [-0.15, -0.1) is 0 Å². The zero-order valence-corrected chi connectivity index (χ0v) is 28.8. The first-order valence-electron chi connectivity index (χ1n) is 17.9. The van der Waals surface area contributed by atoms with Crippen LogP contribution >= 0.6 is 0 Å². The number of aromatic nitrogens is 4. The van der Waals surface area contributed by atoms with Crippen LogP contribution in [0.3, 0.4) is 0 Å². The molecule has 0 radical (unpaired) electrons. The molecule has 0 atom stereocenters. The van der Waals surface area contributed by atoms with Crippen LogP contribution in [0.5, 0.6) is 0 Å². The first kappa shape index (κ1) is 30.2. The van der Waals surface area contributed by atoms with E-state index in [2.05, 4.69) is 109 Å². The maximum absolute atomic E-state index is 6.49. The van der Waals surface area contributed by atoms with E-state index in [1.165, 1.54) is 0 Å². The third kappa shape index (κ3) is 4.96. The molecular formula is C48H28N4O2. The van der Waals surface area contributed by atoms with Gasteiger partial charge in [0.15, 0.2) is 23.1 Å². The quantitative estimate of drug-likeness (QED) is 0.179. The summed E-state index contributed by atoms with van der Waals surface area (Å²) in [5.41, 5.74) is 8.58. The Morgan fingerprint density at radius 1 is 0.352 bits per heavy atom. The van der Waals surface area contributed by atoms with Crippen LogP contribution in [0.25, 0.3) is 111 Å². The van der Waals surface area contributed by atoms with Crippen molar-refractivity contribution in [2.24, 2.45) is 0 Å². The lowest BCUT2D eigenvalue weighted by molar-refractivity contribution is 0.620. The van der Waals surface area contributed by atoms with Gasteiger partial charge in [0.1, 0.15) is 16.7 Å². The highest BCUT2D eigenvalue weighted by Gasteiger charge is 2.22. The molecule has 6 heteroatoms. The minimum atomic E-state index is 0.547. The molecule has 54 heavy (non-hydrogen) atoms. The molecule has 8 aromatic carbocycles. The molecule has 0 amide bonds. The van der Waals surface area contributed by atoms with E-state index in [-0.39, 0.29) is 0 Å². The average Bonchev–Trinajstić information content (AvgIpc) is 3.83. The van der Waals surface area contributed by atoms with Gasteiger partial charge in [0, 0.05) is 44.7 Å². The molecule has 0 fully saturated rings. The molecule has 0 unspecified atom stereocenters. The second kappa shape index (κ2) is 12.1. The molecule has 6 nitrogen and oxygen atoms in total. The number of benzene rings is 8. The van der Waals surface area contributed by atoms with Crippen molar-refractivity contribution in [2.45, 2.75) is 0 Å². The summed E-state index contributed by atoms with van der Waals surface area (Å²) in [7, 11) is 0. The van der Waals surface area contributed by atoms with E-state index in [0.717, 1.165) is 76.8 Å². The first-order valence-corrected chi connectivity index (χ1v) is 17.9. The number of fused-ring (bicyclic) bond motifs is 6. The highest BCUT2D eigenvalue weighted by Crippen LogP contribution is 2.41. The predicted octanol–water partition coefficient (Wildman–Crippen LogP) is 12.6. The van der Waals surface area contributed by atoms with Crippen LogP contribution in [0.4, 0.5) is 0 Å². The minimum Gasteiger partial charge on any atom is -0.456 e. The highest BCUT2D eigenvalue weighted by molar-refractivity contribution is 6.14. The van der Waals surface area contributed by atoms with Crippen molar-refractivity contribution in [3.8, 4) is 56.7 Å². The molecule has 11 rings (SSSR count). The normalized spacial score (nSPS) is 11.7. The summed E-state index contributed by atoms with van der Waals surface area (Å²) < 4.78 is 12.8. The van der Waals surface area contributed by atoms with Crippen molar-refractivity contribution in [2.75, 3.05) is 0 Å². The Bertz CT molecular complexity index is 3220. The number of furan rings is 1. The molecule has 0 bridgehead atoms. The van der Waals surface area contributed by atoms with E-state index in [1.807, 2.05) is 60.7 Å². The molecule has 252 valence electrons. The van der Waals surface area contributed by atoms with E-state index in [9.17, 15) is 0 Å². The van der Waals surface area contributed by atoms with Gasteiger partial charge in [-0.25, -0.2) is 19.9 Å². The SMILES string of the molecule is c1ccc(-c2nc3cc4oc5cccc(-c6nc(-c7ccc8ccccc8c7)nc(-c7ccc8ccccc8c7-c7ccccc7)n6)c5c4cc3o2)cc1. The number of rotatable bonds is 5. The molecule has 0 saturated carbocycles. The fourth-order valence-electron chi connectivity index (χ4n) is 7.59. The van der Waals surface area contributed by atoms with E-state index < -0.39 is 0 Å². The largest absolute Gasteiger partial charge is 0.456 e. The van der Waals surface area contributed by atoms with Gasteiger partial charge in [0.05, 0.1) is 0 Å². The number of hydrogen-bond donors (Lipinski definition) is 0. The topological polar surface area (TPSA) is 77.8 Å². The molecule has 3 heterocycles. The summed E-state index contributed by atoms with van der Waals surface area (Å²) in [6.07, 6.45) is 0. The third-order valence-electron chi connectivity index (χ3n) is 10.1. The summed E-state index contributed by atoms with van der Waals surface area (Å²) in [5, 5.41) is 6.34. The highest BCUT2D eigenvalue weighted by atomic mass is 16.4. The van der Waals surface area contributed by atoms with Crippen molar-refractivity contribution in [3.05, 3.63) is 170 Å². The third-order valence-corrected chi connectivity index (χ3v) is 10.1. The Morgan fingerprint density at radius 2 is 1.04 bits per heavy atom. The summed E-state index contributed by atoms with van der Waals surface area (Å²) in [6, 6.07) is 57.8. The second-order valence-electron chi connectivity index (χ2n) is 13.4. The maximum Gasteiger partial charge on any atom is 0.227 e. The summed E-state index contributed by atoms with van der Waals surface area (Å²) in [6.45, 7) is 0. The Morgan fingerprint density at radius 3 is 1.87 bits per heavy atom. The molecule has 0 N–H and O–H groups in total. The van der Waals surface area contributed by atoms with Crippen LogP contribution in [0, 0.1) is 0 Å². The Labute approximate surface area is 309 Å². The van der Waals surface area contributed by atoms with Crippen molar-refractivity contribution in [3.63, 3.8) is 0 Å². The number of hydrogen-bond acceptors (Lipinski definition) is 6.